The molecule has 0 aromatic heterocycles. The summed E-state index contributed by atoms with van der Waals surface area (Å²) < 4.78 is 0. The maximum Gasteiger partial charge on any atom is 0.242 e. The number of amides is 2. The van der Waals surface area contributed by atoms with E-state index in [2.05, 4.69) is 52.1 Å². The molecule has 0 radical (unpaired) electrons. The molecule has 0 bridgehead atoms. The van der Waals surface area contributed by atoms with Crippen molar-refractivity contribution in [3.8, 4) is 0 Å². The normalized spacial score (nSPS) is 18.9. The van der Waals surface area contributed by atoms with Crippen LogP contribution in [0.5, 0.6) is 0 Å². The fourth-order valence-corrected chi connectivity index (χ4v) is 4.41. The number of nitrogens with zero attached hydrogens (tertiary/aromatic N) is 1. The molecule has 1 aromatic carbocycles. The Bertz CT molecular complexity index is 615. The van der Waals surface area contributed by atoms with Gasteiger partial charge in [0.05, 0.1) is 5.75 Å². The van der Waals surface area contributed by atoms with Crippen LogP contribution in [0.2, 0.25) is 0 Å². The molecule has 0 saturated carbocycles. The van der Waals surface area contributed by atoms with E-state index in [9.17, 15) is 9.59 Å². The zero-order valence-corrected chi connectivity index (χ0v) is 16.7. The number of hydrogen-bond acceptors (Lipinski definition) is 3. The Kier molecular flexibility index (Phi) is 6.94. The molecule has 1 saturated heterocycles. The summed E-state index contributed by atoms with van der Waals surface area (Å²) in [6.07, 6.45) is 0.679. The number of carbonyl (C=O) groups is 2. The molecule has 1 aromatic rings. The summed E-state index contributed by atoms with van der Waals surface area (Å²) in [6.45, 7) is 11.0. The lowest BCUT2D eigenvalue weighted by atomic mass is 9.99. The van der Waals surface area contributed by atoms with Gasteiger partial charge in [0, 0.05) is 6.54 Å². The lowest BCUT2D eigenvalue weighted by molar-refractivity contribution is -0.139. The number of nitrogens with one attached hydrogen (secondary N) is 1. The summed E-state index contributed by atoms with van der Waals surface area (Å²) in [5.74, 6) is 1.19. The van der Waals surface area contributed by atoms with Crippen molar-refractivity contribution in [3.05, 3.63) is 35.4 Å². The molecule has 0 spiro atoms. The van der Waals surface area contributed by atoms with Gasteiger partial charge in [-0.25, -0.2) is 0 Å². The van der Waals surface area contributed by atoms with Crippen molar-refractivity contribution < 1.29 is 9.59 Å². The number of aryl methyl sites for hydroxylation is 1. The Morgan fingerprint density at radius 2 is 1.92 bits per heavy atom. The molecule has 1 fully saturated rings. The molecule has 0 unspecified atom stereocenters. The number of hydrogen-bond donors (Lipinski definition) is 1. The third-order valence-corrected chi connectivity index (χ3v) is 5.59. The monoisotopic (exact) mass is 362 g/mol. The highest BCUT2D eigenvalue weighted by Crippen LogP contribution is 2.42. The molecule has 138 valence electrons. The molecule has 2 rings (SSSR count). The minimum absolute atomic E-state index is 0.0307. The van der Waals surface area contributed by atoms with E-state index in [0.717, 1.165) is 11.1 Å². The van der Waals surface area contributed by atoms with Crippen LogP contribution in [0.15, 0.2) is 24.3 Å². The first-order valence-corrected chi connectivity index (χ1v) is 10.1. The lowest BCUT2D eigenvalue weighted by Gasteiger charge is -2.33. The van der Waals surface area contributed by atoms with Crippen molar-refractivity contribution in [3.63, 3.8) is 0 Å². The van der Waals surface area contributed by atoms with Gasteiger partial charge in [0.15, 0.2) is 0 Å². The fourth-order valence-electron chi connectivity index (χ4n) is 3.09. The molecular formula is C20H30N2O2S. The quantitative estimate of drug-likeness (QED) is 0.803. The summed E-state index contributed by atoms with van der Waals surface area (Å²) in [7, 11) is 0. The third kappa shape index (κ3) is 5.00. The molecule has 2 atom stereocenters. The van der Waals surface area contributed by atoms with Crippen LogP contribution in [0.4, 0.5) is 0 Å². The predicted molar refractivity (Wildman–Crippen MR) is 104 cm³/mol. The minimum Gasteiger partial charge on any atom is -0.354 e. The van der Waals surface area contributed by atoms with Crippen LogP contribution < -0.4 is 5.32 Å². The number of thioether (sulfide) groups is 1. The van der Waals surface area contributed by atoms with Crippen LogP contribution in [0.3, 0.4) is 0 Å². The minimum atomic E-state index is -0.411. The first-order valence-electron chi connectivity index (χ1n) is 9.07. The van der Waals surface area contributed by atoms with Gasteiger partial charge in [-0.05, 0) is 36.3 Å². The van der Waals surface area contributed by atoms with E-state index in [1.54, 1.807) is 11.8 Å². The van der Waals surface area contributed by atoms with E-state index in [1.165, 1.54) is 0 Å². The second kappa shape index (κ2) is 8.75. The van der Waals surface area contributed by atoms with E-state index >= 15 is 0 Å². The van der Waals surface area contributed by atoms with Crippen LogP contribution in [-0.2, 0) is 9.59 Å². The standard InChI is InChI=1S/C20H30N2O2S/c1-13(2)10-17(19(24)21-11-14(3)4)22-18(23)12-25-20(22)16-9-7-6-8-15(16)5/h6-9,13-14,17,20H,10-12H2,1-5H3,(H,21,24)/t17-,20-/m0/s1. The smallest absolute Gasteiger partial charge is 0.242 e. The van der Waals surface area contributed by atoms with Crippen LogP contribution in [0.1, 0.15) is 50.6 Å². The molecule has 0 aliphatic carbocycles. The van der Waals surface area contributed by atoms with Crippen molar-refractivity contribution in [1.82, 2.24) is 10.2 Å². The van der Waals surface area contributed by atoms with E-state index in [4.69, 9.17) is 0 Å². The molecular weight excluding hydrogens is 332 g/mol. The van der Waals surface area contributed by atoms with Crippen molar-refractivity contribution >= 4 is 23.6 Å². The second-order valence-corrected chi connectivity index (χ2v) is 8.67. The van der Waals surface area contributed by atoms with Gasteiger partial charge in [-0.1, -0.05) is 52.0 Å². The Morgan fingerprint density at radius 1 is 1.24 bits per heavy atom. The average Bonchev–Trinajstić information content (AvgIpc) is 2.92. The van der Waals surface area contributed by atoms with E-state index in [0.29, 0.717) is 30.6 Å². The first kappa shape index (κ1) is 19.8. The van der Waals surface area contributed by atoms with Crippen LogP contribution in [0.25, 0.3) is 0 Å². The Labute approximate surface area is 155 Å². The number of benzene rings is 1. The maximum atomic E-state index is 12.9. The Balaban J connectivity index is 2.30. The van der Waals surface area contributed by atoms with Gasteiger partial charge in [-0.3, -0.25) is 9.59 Å². The topological polar surface area (TPSA) is 49.4 Å². The maximum absolute atomic E-state index is 12.9. The zero-order valence-electron chi connectivity index (χ0n) is 15.9. The first-order chi connectivity index (χ1) is 11.8. The van der Waals surface area contributed by atoms with Crippen LogP contribution in [0, 0.1) is 18.8 Å². The molecule has 25 heavy (non-hydrogen) atoms. The van der Waals surface area contributed by atoms with E-state index in [-0.39, 0.29) is 17.2 Å². The van der Waals surface area contributed by atoms with Crippen molar-refractivity contribution in [2.24, 2.45) is 11.8 Å². The van der Waals surface area contributed by atoms with Gasteiger partial charge in [0.1, 0.15) is 11.4 Å². The summed E-state index contributed by atoms with van der Waals surface area (Å²) >= 11 is 1.62. The molecule has 1 heterocycles. The highest BCUT2D eigenvalue weighted by atomic mass is 32.2. The molecule has 1 aliphatic heterocycles. The number of rotatable bonds is 7. The molecule has 4 nitrogen and oxygen atoms in total. The average molecular weight is 363 g/mol. The SMILES string of the molecule is Cc1ccccc1[C@@H]1SCC(=O)N1[C@@H](CC(C)C)C(=O)NCC(C)C. The highest BCUT2D eigenvalue weighted by molar-refractivity contribution is 8.00. The third-order valence-electron chi connectivity index (χ3n) is 4.38. The molecule has 2 amide bonds. The van der Waals surface area contributed by atoms with Crippen LogP contribution >= 0.6 is 11.8 Å². The fraction of sp³-hybridized carbons (Fsp3) is 0.600. The number of carbonyl (C=O) groups excluding carboxylic acids is 2. The van der Waals surface area contributed by atoms with Gasteiger partial charge in [-0.15, -0.1) is 11.8 Å². The summed E-state index contributed by atoms with van der Waals surface area (Å²) in [5, 5.41) is 2.95. The summed E-state index contributed by atoms with van der Waals surface area (Å²) in [4.78, 5) is 27.3. The molecule has 1 aliphatic rings. The van der Waals surface area contributed by atoms with Gasteiger partial charge in [-0.2, -0.15) is 0 Å². The summed E-state index contributed by atoms with van der Waals surface area (Å²) in [6, 6.07) is 7.72. The summed E-state index contributed by atoms with van der Waals surface area (Å²) in [5.41, 5.74) is 2.29. The largest absolute Gasteiger partial charge is 0.354 e. The zero-order chi connectivity index (χ0) is 18.6. The van der Waals surface area contributed by atoms with Crippen molar-refractivity contribution in [2.75, 3.05) is 12.3 Å². The van der Waals surface area contributed by atoms with Crippen LogP contribution in [-0.4, -0.2) is 35.1 Å². The lowest BCUT2D eigenvalue weighted by Crippen LogP contribution is -2.49. The second-order valence-electron chi connectivity index (χ2n) is 7.61. The van der Waals surface area contributed by atoms with Gasteiger partial charge in [0.2, 0.25) is 11.8 Å². The van der Waals surface area contributed by atoms with Gasteiger partial charge < -0.3 is 10.2 Å². The van der Waals surface area contributed by atoms with E-state index in [1.807, 2.05) is 17.0 Å². The Morgan fingerprint density at radius 3 is 2.52 bits per heavy atom. The molecule has 1 N–H and O–H groups in total. The van der Waals surface area contributed by atoms with Crippen molar-refractivity contribution in [1.29, 1.82) is 0 Å². The van der Waals surface area contributed by atoms with Crippen molar-refractivity contribution in [2.45, 2.75) is 52.5 Å². The Hall–Kier alpha value is -1.49. The predicted octanol–water partition coefficient (Wildman–Crippen LogP) is 3.76. The molecule has 5 heteroatoms. The van der Waals surface area contributed by atoms with Gasteiger partial charge in [0.25, 0.3) is 0 Å². The highest BCUT2D eigenvalue weighted by Gasteiger charge is 2.41. The van der Waals surface area contributed by atoms with E-state index < -0.39 is 6.04 Å². The van der Waals surface area contributed by atoms with Gasteiger partial charge >= 0.3 is 0 Å².